The fourth-order valence-electron chi connectivity index (χ4n) is 1.26. The first-order valence-electron chi connectivity index (χ1n) is 4.55. The van der Waals surface area contributed by atoms with Gasteiger partial charge in [0.2, 0.25) is 0 Å². The number of hydrogen-bond acceptors (Lipinski definition) is 3. The van der Waals surface area contributed by atoms with Gasteiger partial charge in [-0.3, -0.25) is 5.41 Å². The van der Waals surface area contributed by atoms with Gasteiger partial charge >= 0.3 is 0 Å². The van der Waals surface area contributed by atoms with E-state index in [1.165, 1.54) is 0 Å². The van der Waals surface area contributed by atoms with Crippen molar-refractivity contribution in [3.8, 4) is 5.75 Å². The maximum absolute atomic E-state index is 7.27. The Morgan fingerprint density at radius 2 is 2.27 bits per heavy atom. The van der Waals surface area contributed by atoms with Crippen LogP contribution >= 0.6 is 11.6 Å². The van der Waals surface area contributed by atoms with E-state index in [-0.39, 0.29) is 11.9 Å². The zero-order valence-corrected chi connectivity index (χ0v) is 8.75. The number of ether oxygens (including phenoxy) is 2. The van der Waals surface area contributed by atoms with E-state index in [0.717, 1.165) is 0 Å². The molecule has 4 nitrogen and oxygen atoms in total. The molecule has 0 radical (unpaired) electrons. The molecule has 0 atom stereocenters. The SMILES string of the molecule is N=C(N)c1ccc(OC2COC2)cc1Cl. The van der Waals surface area contributed by atoms with E-state index >= 15 is 0 Å². The molecule has 15 heavy (non-hydrogen) atoms. The normalized spacial score (nSPS) is 15.8. The van der Waals surface area contributed by atoms with Crippen LogP contribution in [0.5, 0.6) is 5.75 Å². The molecule has 1 saturated heterocycles. The molecular weight excluding hydrogens is 216 g/mol. The topological polar surface area (TPSA) is 68.3 Å². The first kappa shape index (κ1) is 10.3. The maximum atomic E-state index is 7.27. The van der Waals surface area contributed by atoms with E-state index in [2.05, 4.69) is 0 Å². The minimum Gasteiger partial charge on any atom is -0.486 e. The summed E-state index contributed by atoms with van der Waals surface area (Å²) in [4.78, 5) is 0. The lowest BCUT2D eigenvalue weighted by Gasteiger charge is -2.26. The van der Waals surface area contributed by atoms with Crippen LogP contribution in [0.2, 0.25) is 5.02 Å². The Morgan fingerprint density at radius 3 is 2.73 bits per heavy atom. The van der Waals surface area contributed by atoms with Crippen LogP contribution in [0.1, 0.15) is 5.56 Å². The van der Waals surface area contributed by atoms with Gasteiger partial charge in [-0.05, 0) is 18.2 Å². The molecule has 0 unspecified atom stereocenters. The van der Waals surface area contributed by atoms with Crippen LogP contribution in [0.15, 0.2) is 18.2 Å². The third kappa shape index (κ3) is 2.22. The number of nitrogen functional groups attached to an aromatic ring is 1. The second-order valence-electron chi connectivity index (χ2n) is 3.33. The van der Waals surface area contributed by atoms with Crippen LogP contribution in [-0.4, -0.2) is 25.2 Å². The van der Waals surface area contributed by atoms with Gasteiger partial charge in [-0.2, -0.15) is 0 Å². The summed E-state index contributed by atoms with van der Waals surface area (Å²) in [5.41, 5.74) is 5.86. The summed E-state index contributed by atoms with van der Waals surface area (Å²) in [7, 11) is 0. The summed E-state index contributed by atoms with van der Waals surface area (Å²) >= 11 is 5.94. The third-order valence-electron chi connectivity index (χ3n) is 2.14. The summed E-state index contributed by atoms with van der Waals surface area (Å²) in [6, 6.07) is 5.09. The Morgan fingerprint density at radius 1 is 1.53 bits per heavy atom. The molecule has 0 amide bonds. The molecule has 1 aliphatic heterocycles. The van der Waals surface area contributed by atoms with Crippen molar-refractivity contribution in [2.24, 2.45) is 5.73 Å². The number of nitrogens with two attached hydrogens (primary N) is 1. The minimum absolute atomic E-state index is 0.0430. The van der Waals surface area contributed by atoms with E-state index in [1.54, 1.807) is 18.2 Å². The summed E-state index contributed by atoms with van der Waals surface area (Å²) in [5.74, 6) is 0.636. The van der Waals surface area contributed by atoms with E-state index in [9.17, 15) is 0 Å². The molecular formula is C10H11ClN2O2. The van der Waals surface area contributed by atoms with Crippen LogP contribution in [0.4, 0.5) is 0 Å². The van der Waals surface area contributed by atoms with Gasteiger partial charge in [-0.25, -0.2) is 0 Å². The van der Waals surface area contributed by atoms with Crippen molar-refractivity contribution in [2.75, 3.05) is 13.2 Å². The van der Waals surface area contributed by atoms with E-state index in [1.807, 2.05) is 0 Å². The van der Waals surface area contributed by atoms with Crippen molar-refractivity contribution in [1.29, 1.82) is 5.41 Å². The van der Waals surface area contributed by atoms with Crippen molar-refractivity contribution in [3.05, 3.63) is 28.8 Å². The molecule has 0 saturated carbocycles. The predicted molar refractivity (Wildman–Crippen MR) is 57.7 cm³/mol. The van der Waals surface area contributed by atoms with Gasteiger partial charge in [-0.1, -0.05) is 11.6 Å². The van der Waals surface area contributed by atoms with E-state index < -0.39 is 0 Å². The Labute approximate surface area is 92.4 Å². The molecule has 2 rings (SSSR count). The van der Waals surface area contributed by atoms with Crippen LogP contribution in [0.3, 0.4) is 0 Å². The zero-order chi connectivity index (χ0) is 10.8. The highest BCUT2D eigenvalue weighted by Crippen LogP contribution is 2.24. The number of amidine groups is 1. The number of hydrogen-bond donors (Lipinski definition) is 2. The highest BCUT2D eigenvalue weighted by molar-refractivity contribution is 6.34. The average Bonchev–Trinajstić information content (AvgIpc) is 2.11. The van der Waals surface area contributed by atoms with Gasteiger partial charge < -0.3 is 15.2 Å². The highest BCUT2D eigenvalue weighted by atomic mass is 35.5. The fourth-order valence-corrected chi connectivity index (χ4v) is 1.53. The first-order chi connectivity index (χ1) is 7.16. The van der Waals surface area contributed by atoms with Crippen molar-refractivity contribution in [2.45, 2.75) is 6.10 Å². The van der Waals surface area contributed by atoms with Gasteiger partial charge in [0.1, 0.15) is 17.7 Å². The summed E-state index contributed by atoms with van der Waals surface area (Å²) in [5, 5.41) is 7.70. The monoisotopic (exact) mass is 226 g/mol. The molecule has 1 aliphatic rings. The lowest BCUT2D eigenvalue weighted by Crippen LogP contribution is -2.38. The third-order valence-corrected chi connectivity index (χ3v) is 2.45. The van der Waals surface area contributed by atoms with Gasteiger partial charge in [0, 0.05) is 5.56 Å². The summed E-state index contributed by atoms with van der Waals surface area (Å²) in [6.45, 7) is 1.23. The second-order valence-corrected chi connectivity index (χ2v) is 3.74. The molecule has 1 aromatic rings. The van der Waals surface area contributed by atoms with Crippen molar-refractivity contribution in [3.63, 3.8) is 0 Å². The lowest BCUT2D eigenvalue weighted by molar-refractivity contribution is -0.0796. The lowest BCUT2D eigenvalue weighted by atomic mass is 10.2. The van der Waals surface area contributed by atoms with Gasteiger partial charge in [0.25, 0.3) is 0 Å². The van der Waals surface area contributed by atoms with Crippen molar-refractivity contribution < 1.29 is 9.47 Å². The Kier molecular flexibility index (Phi) is 2.79. The molecule has 1 aromatic carbocycles. The van der Waals surface area contributed by atoms with Gasteiger partial charge in [0.05, 0.1) is 18.2 Å². The molecule has 5 heteroatoms. The zero-order valence-electron chi connectivity index (χ0n) is 8.00. The molecule has 0 spiro atoms. The first-order valence-corrected chi connectivity index (χ1v) is 4.93. The number of nitrogens with one attached hydrogen (secondary N) is 1. The molecule has 1 fully saturated rings. The van der Waals surface area contributed by atoms with Crippen LogP contribution in [0.25, 0.3) is 0 Å². The molecule has 0 aromatic heterocycles. The van der Waals surface area contributed by atoms with Crippen LogP contribution in [-0.2, 0) is 4.74 Å². The highest BCUT2D eigenvalue weighted by Gasteiger charge is 2.20. The van der Waals surface area contributed by atoms with E-state index in [0.29, 0.717) is 29.5 Å². The predicted octanol–water partition coefficient (Wildman–Crippen LogP) is 1.40. The number of rotatable bonds is 3. The number of halogens is 1. The second kappa shape index (κ2) is 4.08. The van der Waals surface area contributed by atoms with Gasteiger partial charge in [0.15, 0.2) is 0 Å². The van der Waals surface area contributed by atoms with Gasteiger partial charge in [-0.15, -0.1) is 0 Å². The molecule has 80 valence electrons. The largest absolute Gasteiger partial charge is 0.486 e. The standard InChI is InChI=1S/C10H11ClN2O2/c11-9-3-6(15-7-4-14-5-7)1-2-8(9)10(12)13/h1-3,7H,4-5H2,(H3,12,13). The van der Waals surface area contributed by atoms with Crippen molar-refractivity contribution >= 4 is 17.4 Å². The molecule has 1 heterocycles. The summed E-state index contributed by atoms with van der Waals surface area (Å²) in [6.07, 6.45) is 0.115. The smallest absolute Gasteiger partial charge is 0.145 e. The molecule has 3 N–H and O–H groups in total. The fraction of sp³-hybridized carbons (Fsp3) is 0.300. The van der Waals surface area contributed by atoms with E-state index in [4.69, 9.17) is 32.2 Å². The van der Waals surface area contributed by atoms with Crippen molar-refractivity contribution in [1.82, 2.24) is 0 Å². The molecule has 0 bridgehead atoms. The average molecular weight is 227 g/mol. The summed E-state index contributed by atoms with van der Waals surface area (Å²) < 4.78 is 10.5. The molecule has 0 aliphatic carbocycles. The minimum atomic E-state index is -0.0430. The Hall–Kier alpha value is -1.26. The number of benzene rings is 1. The Bertz CT molecular complexity index is 391. The Balaban J connectivity index is 2.13. The van der Waals surface area contributed by atoms with Crippen LogP contribution in [0, 0.1) is 5.41 Å². The maximum Gasteiger partial charge on any atom is 0.145 e. The quantitative estimate of drug-likeness (QED) is 0.605. The van der Waals surface area contributed by atoms with Crippen LogP contribution < -0.4 is 10.5 Å².